The van der Waals surface area contributed by atoms with Crippen molar-refractivity contribution in [1.29, 1.82) is 0 Å². The van der Waals surface area contributed by atoms with Crippen LogP contribution in [0.3, 0.4) is 0 Å². The van der Waals surface area contributed by atoms with Crippen molar-refractivity contribution in [3.8, 4) is 11.5 Å². The second-order valence-corrected chi connectivity index (χ2v) is 6.22. The van der Waals surface area contributed by atoms with Gasteiger partial charge in [0.25, 0.3) is 0 Å². The molecule has 1 heterocycles. The monoisotopic (exact) mass is 509 g/mol. The number of para-hydroxylation sites is 2. The van der Waals surface area contributed by atoms with E-state index >= 15 is 0 Å². The Kier molecular flexibility index (Phi) is 9.04. The average Bonchev–Trinajstić information content (AvgIpc) is 3.10. The summed E-state index contributed by atoms with van der Waals surface area (Å²) >= 11 is 0. The third-order valence-corrected chi connectivity index (χ3v) is 4.12. The molecule has 0 spiro atoms. The van der Waals surface area contributed by atoms with Gasteiger partial charge in [-0.2, -0.15) is 0 Å². The smallest absolute Gasteiger partial charge is 0.193 e. The Hall–Kier alpha value is -2.49. The fourth-order valence-corrected chi connectivity index (χ4v) is 2.89. The number of imidazole rings is 1. The van der Waals surface area contributed by atoms with Crippen molar-refractivity contribution in [2.75, 3.05) is 25.1 Å². The van der Waals surface area contributed by atoms with Gasteiger partial charge in [0.2, 0.25) is 0 Å². The molecule has 0 fully saturated rings. The first-order chi connectivity index (χ1) is 13.7. The number of hydrogen-bond donors (Lipinski definition) is 3. The van der Waals surface area contributed by atoms with Crippen LogP contribution in [0.5, 0.6) is 11.5 Å². The van der Waals surface area contributed by atoms with Gasteiger partial charge in [0.1, 0.15) is 17.3 Å². The number of fused-ring (bicyclic) bond motifs is 1. The zero-order valence-corrected chi connectivity index (χ0v) is 19.1. The van der Waals surface area contributed by atoms with Crippen molar-refractivity contribution in [3.05, 3.63) is 48.3 Å². The topological polar surface area (TPSA) is 97.6 Å². The number of hydrogen-bond acceptors (Lipinski definition) is 4. The van der Waals surface area contributed by atoms with Crippen LogP contribution in [0, 0.1) is 0 Å². The minimum atomic E-state index is 0. The van der Waals surface area contributed by atoms with Gasteiger partial charge in [-0.05, 0) is 44.5 Å². The lowest BCUT2D eigenvalue weighted by atomic mass is 10.2. The number of aryl methyl sites for hydroxylation is 1. The average molecular weight is 509 g/mol. The highest BCUT2D eigenvalue weighted by Crippen LogP contribution is 2.29. The molecular formula is C21H28IN5O2. The predicted molar refractivity (Wildman–Crippen MR) is 129 cm³/mol. The zero-order valence-electron chi connectivity index (χ0n) is 16.8. The first kappa shape index (κ1) is 22.8. The number of aromatic nitrogens is 2. The Morgan fingerprint density at radius 2 is 1.93 bits per heavy atom. The van der Waals surface area contributed by atoms with Crippen LogP contribution in [0.15, 0.2) is 47.5 Å². The highest BCUT2D eigenvalue weighted by molar-refractivity contribution is 14.0. The summed E-state index contributed by atoms with van der Waals surface area (Å²) in [5.74, 6) is 2.78. The van der Waals surface area contributed by atoms with E-state index in [2.05, 4.69) is 20.3 Å². The fourth-order valence-electron chi connectivity index (χ4n) is 2.89. The number of benzene rings is 2. The Balaban J connectivity index is 0.00000300. The summed E-state index contributed by atoms with van der Waals surface area (Å²) in [7, 11) is 0. The van der Waals surface area contributed by atoms with E-state index in [1.54, 1.807) is 0 Å². The van der Waals surface area contributed by atoms with E-state index in [-0.39, 0.29) is 24.0 Å². The predicted octanol–water partition coefficient (Wildman–Crippen LogP) is 4.34. The standard InChI is InChI=1S/C21H27N5O2.HI/c1-3-27-15-11-12-19(28-4-2)18(14-15)26-21(22)23-13-7-10-20-24-16-8-5-6-9-17(16)25-20;/h5-6,8-9,11-12,14H,3-4,7,10,13H2,1-2H3,(H,24,25)(H3,22,23,26);1H. The van der Waals surface area contributed by atoms with Crippen LogP contribution in [0.4, 0.5) is 5.69 Å². The van der Waals surface area contributed by atoms with Gasteiger partial charge in [-0.3, -0.25) is 4.99 Å². The number of anilines is 1. The summed E-state index contributed by atoms with van der Waals surface area (Å²) in [5, 5.41) is 3.11. The first-order valence-electron chi connectivity index (χ1n) is 9.59. The van der Waals surface area contributed by atoms with Crippen LogP contribution >= 0.6 is 24.0 Å². The van der Waals surface area contributed by atoms with Crippen LogP contribution in [0.2, 0.25) is 0 Å². The Morgan fingerprint density at radius 1 is 1.14 bits per heavy atom. The van der Waals surface area contributed by atoms with Crippen LogP contribution in [0.25, 0.3) is 11.0 Å². The van der Waals surface area contributed by atoms with Crippen molar-refractivity contribution in [1.82, 2.24) is 9.97 Å². The molecule has 0 saturated heterocycles. The molecule has 3 rings (SSSR count). The Labute approximate surface area is 188 Å². The Morgan fingerprint density at radius 3 is 2.69 bits per heavy atom. The lowest BCUT2D eigenvalue weighted by molar-refractivity contribution is 0.332. The number of halogens is 1. The minimum Gasteiger partial charge on any atom is -0.494 e. The molecule has 29 heavy (non-hydrogen) atoms. The number of guanidine groups is 1. The fraction of sp³-hybridized carbons (Fsp3) is 0.333. The maximum absolute atomic E-state index is 6.05. The molecule has 0 radical (unpaired) electrons. The lowest BCUT2D eigenvalue weighted by Crippen LogP contribution is -2.23. The molecule has 0 unspecified atom stereocenters. The van der Waals surface area contributed by atoms with Crippen molar-refractivity contribution >= 4 is 46.7 Å². The molecule has 2 aromatic carbocycles. The molecule has 3 aromatic rings. The third kappa shape index (κ3) is 6.52. The number of H-pyrrole nitrogens is 1. The van der Waals surface area contributed by atoms with Gasteiger partial charge in [-0.15, -0.1) is 24.0 Å². The number of aromatic amines is 1. The highest BCUT2D eigenvalue weighted by Gasteiger charge is 2.07. The van der Waals surface area contributed by atoms with Crippen molar-refractivity contribution in [2.45, 2.75) is 26.7 Å². The maximum atomic E-state index is 6.05. The van der Waals surface area contributed by atoms with Gasteiger partial charge in [0, 0.05) is 19.0 Å². The molecule has 0 atom stereocenters. The van der Waals surface area contributed by atoms with E-state index in [4.69, 9.17) is 15.2 Å². The molecule has 8 heteroatoms. The van der Waals surface area contributed by atoms with Crippen LogP contribution in [0.1, 0.15) is 26.1 Å². The number of nitrogens with zero attached hydrogens (tertiary/aromatic N) is 2. The summed E-state index contributed by atoms with van der Waals surface area (Å²) in [6, 6.07) is 13.6. The lowest BCUT2D eigenvalue weighted by Gasteiger charge is -2.14. The number of nitrogens with one attached hydrogen (secondary N) is 2. The molecule has 1 aromatic heterocycles. The summed E-state index contributed by atoms with van der Waals surface area (Å²) in [5.41, 5.74) is 8.84. The van der Waals surface area contributed by atoms with Gasteiger partial charge in [0.15, 0.2) is 5.96 Å². The number of ether oxygens (including phenoxy) is 2. The summed E-state index contributed by atoms with van der Waals surface area (Å²) in [6.07, 6.45) is 1.66. The normalized spacial score (nSPS) is 11.2. The molecule has 0 amide bonds. The summed E-state index contributed by atoms with van der Waals surface area (Å²) in [6.45, 7) is 5.65. The molecular weight excluding hydrogens is 481 g/mol. The van der Waals surface area contributed by atoms with E-state index in [0.717, 1.165) is 41.1 Å². The van der Waals surface area contributed by atoms with Gasteiger partial charge < -0.3 is 25.5 Å². The Bertz CT molecular complexity index is 909. The minimum absolute atomic E-state index is 0. The molecule has 0 aliphatic carbocycles. The SMILES string of the molecule is CCOc1ccc(OCC)c(NC(N)=NCCCc2nc3ccccc3[nH]2)c1.I. The van der Waals surface area contributed by atoms with E-state index in [0.29, 0.717) is 31.5 Å². The number of aliphatic imine (C=N–C) groups is 1. The molecule has 0 aliphatic rings. The zero-order chi connectivity index (χ0) is 19.8. The first-order valence-corrected chi connectivity index (χ1v) is 9.59. The molecule has 7 nitrogen and oxygen atoms in total. The molecule has 0 saturated carbocycles. The van der Waals surface area contributed by atoms with Crippen molar-refractivity contribution in [3.63, 3.8) is 0 Å². The molecule has 0 bridgehead atoms. The van der Waals surface area contributed by atoms with E-state index < -0.39 is 0 Å². The van der Waals surface area contributed by atoms with Gasteiger partial charge in [-0.1, -0.05) is 12.1 Å². The van der Waals surface area contributed by atoms with Gasteiger partial charge in [0.05, 0.1) is 29.9 Å². The maximum Gasteiger partial charge on any atom is 0.193 e. The largest absolute Gasteiger partial charge is 0.494 e. The van der Waals surface area contributed by atoms with Crippen molar-refractivity contribution < 1.29 is 9.47 Å². The second kappa shape index (κ2) is 11.5. The van der Waals surface area contributed by atoms with Crippen LogP contribution in [-0.4, -0.2) is 35.7 Å². The summed E-state index contributed by atoms with van der Waals surface area (Å²) in [4.78, 5) is 12.3. The van der Waals surface area contributed by atoms with Gasteiger partial charge >= 0.3 is 0 Å². The number of nitrogens with two attached hydrogens (primary N) is 1. The molecule has 0 aliphatic heterocycles. The summed E-state index contributed by atoms with van der Waals surface area (Å²) < 4.78 is 11.2. The number of rotatable bonds is 9. The van der Waals surface area contributed by atoms with Crippen LogP contribution < -0.4 is 20.5 Å². The highest BCUT2D eigenvalue weighted by atomic mass is 127. The van der Waals surface area contributed by atoms with Crippen LogP contribution in [-0.2, 0) is 6.42 Å². The van der Waals surface area contributed by atoms with E-state index in [9.17, 15) is 0 Å². The quantitative estimate of drug-likeness (QED) is 0.173. The molecule has 4 N–H and O–H groups in total. The second-order valence-electron chi connectivity index (χ2n) is 6.22. The van der Waals surface area contributed by atoms with Gasteiger partial charge in [-0.25, -0.2) is 4.98 Å². The van der Waals surface area contributed by atoms with Crippen molar-refractivity contribution in [2.24, 2.45) is 10.7 Å². The van der Waals surface area contributed by atoms with E-state index in [1.165, 1.54) is 0 Å². The molecule has 156 valence electrons. The van der Waals surface area contributed by atoms with E-state index in [1.807, 2.05) is 56.3 Å². The third-order valence-electron chi connectivity index (χ3n) is 4.12.